The zero-order valence-electron chi connectivity index (χ0n) is 16.6. The van der Waals surface area contributed by atoms with Gasteiger partial charge in [0.15, 0.2) is 17.5 Å². The Morgan fingerprint density at radius 1 is 1.17 bits per heavy atom. The summed E-state index contributed by atoms with van der Waals surface area (Å²) in [5.74, 6) is 2.08. The summed E-state index contributed by atoms with van der Waals surface area (Å²) in [7, 11) is 1.88. The minimum Gasteiger partial charge on any atom is -0.356 e. The lowest BCUT2D eigenvalue weighted by Gasteiger charge is -2.12. The molecule has 0 radical (unpaired) electrons. The Balaban J connectivity index is 1.61. The molecule has 0 bridgehead atoms. The number of alkyl halides is 3. The number of aryl methyl sites for hydroxylation is 1. The van der Waals surface area contributed by atoms with Crippen LogP contribution >= 0.6 is 11.3 Å². The molecule has 0 amide bonds. The number of hydrogen-bond acceptors (Lipinski definition) is 5. The molecule has 3 aromatic rings. The van der Waals surface area contributed by atoms with Crippen LogP contribution in [0, 0.1) is 6.92 Å². The molecule has 0 fully saturated rings. The number of guanidine groups is 1. The smallest absolute Gasteiger partial charge is 0.356 e. The Hall–Kier alpha value is -2.95. The van der Waals surface area contributed by atoms with Crippen LogP contribution in [-0.4, -0.2) is 32.3 Å². The first kappa shape index (κ1) is 21.8. The van der Waals surface area contributed by atoms with E-state index >= 15 is 0 Å². The number of halogens is 3. The maximum Gasteiger partial charge on any atom is 0.434 e. The molecule has 11 heteroatoms. The van der Waals surface area contributed by atoms with Crippen LogP contribution < -0.4 is 10.6 Å². The highest BCUT2D eigenvalue weighted by molar-refractivity contribution is 7.09. The Morgan fingerprint density at radius 3 is 2.57 bits per heavy atom. The molecule has 0 saturated heterocycles. The first-order chi connectivity index (χ1) is 14.3. The van der Waals surface area contributed by atoms with Gasteiger partial charge >= 0.3 is 6.18 Å². The molecule has 7 nitrogen and oxygen atoms in total. The van der Waals surface area contributed by atoms with Gasteiger partial charge in [-0.3, -0.25) is 0 Å². The third kappa shape index (κ3) is 6.02. The van der Waals surface area contributed by atoms with E-state index < -0.39 is 11.9 Å². The van der Waals surface area contributed by atoms with Crippen LogP contribution in [0.2, 0.25) is 0 Å². The van der Waals surface area contributed by atoms with Crippen molar-refractivity contribution >= 4 is 17.3 Å². The molecular weight excluding hydrogens is 415 g/mol. The highest BCUT2D eigenvalue weighted by atomic mass is 32.1. The summed E-state index contributed by atoms with van der Waals surface area (Å²) in [6.07, 6.45) is -4.06. The van der Waals surface area contributed by atoms with Gasteiger partial charge in [-0.1, -0.05) is 30.3 Å². The highest BCUT2D eigenvalue weighted by Gasteiger charge is 2.33. The van der Waals surface area contributed by atoms with Crippen LogP contribution in [-0.2, 0) is 32.7 Å². The second-order valence-electron chi connectivity index (χ2n) is 6.53. The van der Waals surface area contributed by atoms with Crippen molar-refractivity contribution < 1.29 is 13.2 Å². The average molecular weight is 437 g/mol. The van der Waals surface area contributed by atoms with Gasteiger partial charge in [-0.05, 0) is 12.5 Å². The van der Waals surface area contributed by atoms with Gasteiger partial charge in [0.1, 0.15) is 5.82 Å². The fraction of sp³-hybridized carbons (Fsp3) is 0.368. The number of benzene rings is 1. The molecule has 0 atom stereocenters. The van der Waals surface area contributed by atoms with Crippen LogP contribution in [0.5, 0.6) is 0 Å². The lowest BCUT2D eigenvalue weighted by atomic mass is 10.2. The van der Waals surface area contributed by atoms with Crippen molar-refractivity contribution in [1.29, 1.82) is 0 Å². The molecule has 1 aromatic carbocycles. The van der Waals surface area contributed by atoms with Crippen LogP contribution in [0.25, 0.3) is 0 Å². The van der Waals surface area contributed by atoms with Gasteiger partial charge in [-0.25, -0.2) is 9.98 Å². The fourth-order valence-electron chi connectivity index (χ4n) is 2.54. The standard InChI is InChI=1S/C19H22F3N7S/c1-13-27-28-16(29(13)2)11-25-18(24-10-14-6-4-3-5-7-14)23-9-8-17-26-15(12-30-17)19(20,21)22/h3-7,12H,8-11H2,1-2H3,(H2,23,24,25). The van der Waals surface area contributed by atoms with Crippen molar-refractivity contribution in [2.75, 3.05) is 6.54 Å². The van der Waals surface area contributed by atoms with Crippen molar-refractivity contribution in [3.05, 3.63) is 63.6 Å². The molecular formula is C19H22F3N7S. The van der Waals surface area contributed by atoms with Gasteiger partial charge in [0, 0.05) is 25.4 Å². The lowest BCUT2D eigenvalue weighted by Crippen LogP contribution is -2.38. The minimum atomic E-state index is -4.42. The van der Waals surface area contributed by atoms with E-state index in [0.29, 0.717) is 37.0 Å². The Morgan fingerprint density at radius 2 is 1.93 bits per heavy atom. The third-order valence-corrected chi connectivity index (χ3v) is 5.24. The molecule has 2 N–H and O–H groups in total. The fourth-order valence-corrected chi connectivity index (χ4v) is 3.34. The van der Waals surface area contributed by atoms with E-state index in [4.69, 9.17) is 0 Å². The van der Waals surface area contributed by atoms with Crippen LogP contribution in [0.15, 0.2) is 40.7 Å². The number of aromatic nitrogens is 4. The summed E-state index contributed by atoms with van der Waals surface area (Å²) in [5, 5.41) is 15.9. The molecule has 0 unspecified atom stereocenters. The predicted molar refractivity (Wildman–Crippen MR) is 109 cm³/mol. The van der Waals surface area contributed by atoms with E-state index in [9.17, 15) is 13.2 Å². The average Bonchev–Trinajstić information content (AvgIpc) is 3.32. The lowest BCUT2D eigenvalue weighted by molar-refractivity contribution is -0.140. The van der Waals surface area contributed by atoms with E-state index in [2.05, 4.69) is 30.8 Å². The molecule has 0 saturated carbocycles. The van der Waals surface area contributed by atoms with Gasteiger partial charge in [0.05, 0.1) is 18.1 Å². The van der Waals surface area contributed by atoms with E-state index in [1.165, 1.54) is 0 Å². The maximum atomic E-state index is 12.7. The predicted octanol–water partition coefficient (Wildman–Crippen LogP) is 3.08. The first-order valence-electron chi connectivity index (χ1n) is 9.25. The summed E-state index contributed by atoms with van der Waals surface area (Å²) < 4.78 is 40.0. The molecule has 2 heterocycles. The molecule has 0 spiro atoms. The normalized spacial score (nSPS) is 12.2. The Labute approximate surface area is 176 Å². The van der Waals surface area contributed by atoms with E-state index in [1.807, 2.05) is 48.9 Å². The quantitative estimate of drug-likeness (QED) is 0.439. The first-order valence-corrected chi connectivity index (χ1v) is 10.1. The van der Waals surface area contributed by atoms with Crippen molar-refractivity contribution in [2.45, 2.75) is 32.6 Å². The van der Waals surface area contributed by atoms with Crippen molar-refractivity contribution in [2.24, 2.45) is 12.0 Å². The van der Waals surface area contributed by atoms with Gasteiger partial charge in [0.2, 0.25) is 0 Å². The SMILES string of the molecule is Cc1nnc(CNC(=NCc2ccccc2)NCCc2nc(C(F)(F)F)cs2)n1C. The number of hydrogen-bond donors (Lipinski definition) is 2. The van der Waals surface area contributed by atoms with Crippen LogP contribution in [0.4, 0.5) is 13.2 Å². The van der Waals surface area contributed by atoms with Crippen molar-refractivity contribution in [3.63, 3.8) is 0 Å². The summed E-state index contributed by atoms with van der Waals surface area (Å²) in [5.41, 5.74) is 0.194. The van der Waals surface area contributed by atoms with Gasteiger partial charge in [0.25, 0.3) is 0 Å². The number of nitrogens with zero attached hydrogens (tertiary/aromatic N) is 5. The number of rotatable bonds is 7. The number of thiazole rings is 1. The Kier molecular flexibility index (Phi) is 7.03. The summed E-state index contributed by atoms with van der Waals surface area (Å²) in [6.45, 7) is 3.13. The second kappa shape index (κ2) is 9.70. The minimum absolute atomic E-state index is 0.357. The Bertz CT molecular complexity index is 980. The van der Waals surface area contributed by atoms with E-state index in [-0.39, 0.29) is 0 Å². The number of nitrogens with one attached hydrogen (secondary N) is 2. The largest absolute Gasteiger partial charge is 0.434 e. The maximum absolute atomic E-state index is 12.7. The molecule has 2 aromatic heterocycles. The number of aliphatic imine (C=N–C) groups is 1. The van der Waals surface area contributed by atoms with Crippen LogP contribution in [0.3, 0.4) is 0 Å². The highest BCUT2D eigenvalue weighted by Crippen LogP contribution is 2.29. The zero-order valence-corrected chi connectivity index (χ0v) is 17.4. The molecule has 0 aliphatic rings. The zero-order chi connectivity index (χ0) is 21.6. The topological polar surface area (TPSA) is 80.0 Å². The monoisotopic (exact) mass is 437 g/mol. The van der Waals surface area contributed by atoms with E-state index in [0.717, 1.165) is 33.9 Å². The molecule has 0 aliphatic heterocycles. The summed E-state index contributed by atoms with van der Waals surface area (Å²) in [6, 6.07) is 9.76. The summed E-state index contributed by atoms with van der Waals surface area (Å²) in [4.78, 5) is 8.21. The van der Waals surface area contributed by atoms with Crippen molar-refractivity contribution in [3.8, 4) is 0 Å². The molecule has 30 heavy (non-hydrogen) atoms. The second-order valence-corrected chi connectivity index (χ2v) is 7.47. The van der Waals surface area contributed by atoms with E-state index in [1.54, 1.807) is 0 Å². The van der Waals surface area contributed by atoms with Gasteiger partial charge < -0.3 is 15.2 Å². The summed E-state index contributed by atoms with van der Waals surface area (Å²) >= 11 is 1.00. The van der Waals surface area contributed by atoms with Crippen LogP contribution in [0.1, 0.15) is 27.9 Å². The molecule has 160 valence electrons. The van der Waals surface area contributed by atoms with Gasteiger partial charge in [-0.15, -0.1) is 21.5 Å². The third-order valence-electron chi connectivity index (χ3n) is 4.33. The molecule has 3 rings (SSSR count). The van der Waals surface area contributed by atoms with Crippen molar-refractivity contribution in [1.82, 2.24) is 30.4 Å². The van der Waals surface area contributed by atoms with Gasteiger partial charge in [-0.2, -0.15) is 13.2 Å². The molecule has 0 aliphatic carbocycles.